The maximum atomic E-state index is 11.4. The summed E-state index contributed by atoms with van der Waals surface area (Å²) in [6, 6.07) is 0. The van der Waals surface area contributed by atoms with Gasteiger partial charge in [-0.2, -0.15) is 4.79 Å². The maximum absolute atomic E-state index is 11.4. The number of nitrogens with zero attached hydrogens (tertiary/aromatic N) is 2. The van der Waals surface area contributed by atoms with Crippen molar-refractivity contribution in [2.24, 2.45) is 0 Å². The average molecular weight is 240 g/mol. The summed E-state index contributed by atoms with van der Waals surface area (Å²) >= 11 is 0. The fraction of sp³-hybridized carbons (Fsp3) is 0.833. The number of rotatable bonds is 4. The zero-order chi connectivity index (χ0) is 11.6. The van der Waals surface area contributed by atoms with Gasteiger partial charge in [0.25, 0.3) is 9.84 Å². The third kappa shape index (κ3) is 3.57. The minimum atomic E-state index is -3.86. The maximum Gasteiger partial charge on any atom is 0.370 e. The van der Waals surface area contributed by atoms with Crippen LogP contribution in [0.1, 0.15) is 13.8 Å². The van der Waals surface area contributed by atoms with Crippen LogP contribution in [0.4, 0.5) is 0 Å². The number of hydrogen-bond donors (Lipinski definition) is 0. The first-order valence-corrected chi connectivity index (χ1v) is 7.22. The van der Waals surface area contributed by atoms with E-state index in [1.54, 1.807) is 0 Å². The van der Waals surface area contributed by atoms with Crippen LogP contribution in [0, 0.1) is 0 Å². The summed E-state index contributed by atoms with van der Waals surface area (Å²) in [7, 11) is -7.27. The van der Waals surface area contributed by atoms with Crippen LogP contribution in [0.25, 0.3) is 5.53 Å². The minimum Gasteiger partial charge on any atom is -0.361 e. The topological polar surface area (TPSA) is 105 Å². The summed E-state index contributed by atoms with van der Waals surface area (Å²) in [5.74, 6) is -0.519. The van der Waals surface area contributed by atoms with Crippen LogP contribution in [-0.4, -0.2) is 43.9 Å². The van der Waals surface area contributed by atoms with Gasteiger partial charge in [0.1, 0.15) is 9.84 Å². The molecule has 0 radical (unpaired) electrons. The summed E-state index contributed by atoms with van der Waals surface area (Å²) < 4.78 is 43.1. The first-order chi connectivity index (χ1) is 6.02. The second kappa shape index (κ2) is 3.80. The van der Waals surface area contributed by atoms with Crippen molar-refractivity contribution in [3.8, 4) is 0 Å². The molecule has 14 heavy (non-hydrogen) atoms. The Morgan fingerprint density at radius 1 is 1.29 bits per heavy atom. The van der Waals surface area contributed by atoms with E-state index in [0.29, 0.717) is 5.55 Å². The molecule has 6 nitrogen and oxygen atoms in total. The molecule has 0 N–H and O–H groups in total. The Morgan fingerprint density at radius 2 is 1.71 bits per heavy atom. The molecule has 0 aromatic rings. The summed E-state index contributed by atoms with van der Waals surface area (Å²) in [6.07, 6.45) is 0.945. The van der Waals surface area contributed by atoms with Crippen molar-refractivity contribution < 1.29 is 21.6 Å². The van der Waals surface area contributed by atoms with Gasteiger partial charge in [-0.3, -0.25) is 0 Å². The first-order valence-electron chi connectivity index (χ1n) is 3.62. The van der Waals surface area contributed by atoms with Crippen LogP contribution in [0.15, 0.2) is 0 Å². The average Bonchev–Trinajstić information content (AvgIpc) is 1.79. The normalized spacial score (nSPS) is 13.4. The lowest BCUT2D eigenvalue weighted by Gasteiger charge is -2.18. The second-order valence-corrected chi connectivity index (χ2v) is 8.14. The van der Waals surface area contributed by atoms with E-state index in [4.69, 9.17) is 5.53 Å². The minimum absolute atomic E-state index is 0.345. The number of hydrogen-bond acceptors (Lipinski definition) is 4. The molecule has 82 valence electrons. The number of sulfone groups is 2. The van der Waals surface area contributed by atoms with Crippen LogP contribution >= 0.6 is 0 Å². The van der Waals surface area contributed by atoms with Crippen molar-refractivity contribution in [2.45, 2.75) is 18.6 Å². The molecule has 0 saturated carbocycles. The van der Waals surface area contributed by atoms with Crippen LogP contribution in [0.5, 0.6) is 0 Å². The highest BCUT2D eigenvalue weighted by Crippen LogP contribution is 2.17. The second-order valence-electron chi connectivity index (χ2n) is 3.60. The predicted molar refractivity (Wildman–Crippen MR) is 52.4 cm³/mol. The van der Waals surface area contributed by atoms with Crippen LogP contribution in [-0.2, 0) is 19.7 Å². The quantitative estimate of drug-likeness (QED) is 0.285. The monoisotopic (exact) mass is 240 g/mol. The standard InChI is InChI=1S/C6H12N2O4S2/c1-6(2,4-13(3,9)10)14(11,12)5-8-7/h5H,4H2,1-3H3. The Bertz CT molecular complexity index is 454. The molecule has 0 aromatic heterocycles. The zero-order valence-electron chi connectivity index (χ0n) is 8.13. The van der Waals surface area contributed by atoms with E-state index in [1.807, 2.05) is 0 Å². The smallest absolute Gasteiger partial charge is 0.361 e. The first kappa shape index (κ1) is 13.3. The molecule has 0 fully saturated rings. The molecule has 0 aliphatic rings. The highest BCUT2D eigenvalue weighted by atomic mass is 32.2. The van der Waals surface area contributed by atoms with E-state index in [-0.39, 0.29) is 0 Å². The molecule has 0 aromatic carbocycles. The van der Waals surface area contributed by atoms with Crippen molar-refractivity contribution in [3.05, 3.63) is 5.53 Å². The van der Waals surface area contributed by atoms with Crippen molar-refractivity contribution >= 4 is 25.2 Å². The lowest BCUT2D eigenvalue weighted by Crippen LogP contribution is -2.39. The van der Waals surface area contributed by atoms with Crippen molar-refractivity contribution in [1.82, 2.24) is 0 Å². The van der Waals surface area contributed by atoms with Crippen LogP contribution < -0.4 is 0 Å². The van der Waals surface area contributed by atoms with E-state index in [0.717, 1.165) is 6.26 Å². The predicted octanol–water partition coefficient (Wildman–Crippen LogP) is -0.518. The summed E-state index contributed by atoms with van der Waals surface area (Å²) in [4.78, 5) is 2.40. The van der Waals surface area contributed by atoms with Gasteiger partial charge in [-0.25, -0.2) is 16.8 Å². The third-order valence-electron chi connectivity index (χ3n) is 1.57. The van der Waals surface area contributed by atoms with Crippen molar-refractivity contribution in [3.63, 3.8) is 0 Å². The Morgan fingerprint density at radius 3 is 2.00 bits per heavy atom. The largest absolute Gasteiger partial charge is 0.370 e. The van der Waals surface area contributed by atoms with Gasteiger partial charge < -0.3 is 5.53 Å². The van der Waals surface area contributed by atoms with E-state index in [9.17, 15) is 16.8 Å². The highest BCUT2D eigenvalue weighted by molar-refractivity contribution is 8.06. The molecule has 0 saturated heterocycles. The van der Waals surface area contributed by atoms with Gasteiger partial charge in [-0.1, -0.05) is 0 Å². The molecule has 0 atom stereocenters. The Balaban J connectivity index is 5.28. The highest BCUT2D eigenvalue weighted by Gasteiger charge is 2.39. The molecule has 0 unspecified atom stereocenters. The van der Waals surface area contributed by atoms with E-state index in [1.165, 1.54) is 13.8 Å². The summed E-state index contributed by atoms with van der Waals surface area (Å²) in [6.45, 7) is 2.51. The summed E-state index contributed by atoms with van der Waals surface area (Å²) in [5.41, 5.74) is 8.45. The molecule has 0 spiro atoms. The van der Waals surface area contributed by atoms with E-state index >= 15 is 0 Å². The van der Waals surface area contributed by atoms with Gasteiger partial charge in [-0.15, -0.1) is 0 Å². The molecular formula is C6H12N2O4S2. The lowest BCUT2D eigenvalue weighted by atomic mass is 10.2. The zero-order valence-corrected chi connectivity index (χ0v) is 9.76. The van der Waals surface area contributed by atoms with E-state index < -0.39 is 30.2 Å². The SMILES string of the molecule is CC(C)(CS(C)(=O)=O)S(=O)(=O)C=[N+]=[N-]. The third-order valence-corrected chi connectivity index (χ3v) is 5.05. The molecule has 8 heteroatoms. The molecule has 0 rings (SSSR count). The van der Waals surface area contributed by atoms with Crippen molar-refractivity contribution in [1.29, 1.82) is 0 Å². The van der Waals surface area contributed by atoms with Gasteiger partial charge in [-0.05, 0) is 13.8 Å². The lowest BCUT2D eigenvalue weighted by molar-refractivity contribution is 0.00741. The van der Waals surface area contributed by atoms with Gasteiger partial charge in [0.05, 0.1) is 10.5 Å². The van der Waals surface area contributed by atoms with Crippen molar-refractivity contribution in [2.75, 3.05) is 12.0 Å². The van der Waals surface area contributed by atoms with Gasteiger partial charge in [0.2, 0.25) is 0 Å². The van der Waals surface area contributed by atoms with E-state index in [2.05, 4.69) is 4.79 Å². The summed E-state index contributed by atoms with van der Waals surface area (Å²) in [5, 5.41) is 0. The molecule has 0 aliphatic carbocycles. The fourth-order valence-corrected chi connectivity index (χ4v) is 3.89. The Labute approximate surface area is 83.4 Å². The molecule has 0 amide bonds. The van der Waals surface area contributed by atoms with Crippen LogP contribution in [0.2, 0.25) is 0 Å². The molecule has 0 bridgehead atoms. The molecular weight excluding hydrogens is 228 g/mol. The van der Waals surface area contributed by atoms with Crippen LogP contribution in [0.3, 0.4) is 0 Å². The fourth-order valence-electron chi connectivity index (χ4n) is 0.918. The Kier molecular flexibility index (Phi) is 3.60. The van der Waals surface area contributed by atoms with Gasteiger partial charge in [0.15, 0.2) is 0 Å². The Hall–Kier alpha value is -0.720. The molecule has 0 heterocycles. The van der Waals surface area contributed by atoms with Gasteiger partial charge in [0, 0.05) is 6.26 Å². The van der Waals surface area contributed by atoms with Gasteiger partial charge >= 0.3 is 5.55 Å². The molecule has 0 aliphatic heterocycles.